The molecule has 0 aromatic heterocycles. The van der Waals surface area contributed by atoms with E-state index >= 15 is 0 Å². The molecule has 2 rings (SSSR count). The maximum Gasteiger partial charge on any atom is 0.176 e. The van der Waals surface area contributed by atoms with Crippen LogP contribution in [0.5, 0.6) is 0 Å². The number of nitrogens with one attached hydrogen (secondary N) is 1. The van der Waals surface area contributed by atoms with E-state index in [4.69, 9.17) is 0 Å². The monoisotopic (exact) mass is 299 g/mol. The molecule has 0 aliphatic carbocycles. The molecule has 1 atom stereocenters. The average molecular weight is 299 g/mol. The first-order valence-corrected chi connectivity index (χ1v) is 9.70. The summed E-state index contributed by atoms with van der Waals surface area (Å²) in [5.74, 6) is 0.674. The Morgan fingerprint density at radius 2 is 2.21 bits per heavy atom. The van der Waals surface area contributed by atoms with Crippen LogP contribution in [-0.2, 0) is 16.3 Å². The largest absolute Gasteiger partial charge is 0.316 e. The van der Waals surface area contributed by atoms with E-state index in [0.717, 1.165) is 24.4 Å². The Morgan fingerprint density at radius 3 is 2.79 bits per heavy atom. The standard InChI is InChI=1S/C14H21NO2S2/c1-18-13-9-11(5-6-14(13)19(2,16)17)8-12-4-3-7-15-10-12/h5-6,9,12,15H,3-4,7-8,10H2,1-2H3. The van der Waals surface area contributed by atoms with Gasteiger partial charge in [-0.3, -0.25) is 0 Å². The molecule has 1 aliphatic heterocycles. The number of piperidine rings is 1. The Bertz CT molecular complexity index is 534. The maximum atomic E-state index is 11.7. The van der Waals surface area contributed by atoms with E-state index in [9.17, 15) is 8.42 Å². The Labute approximate surface area is 120 Å². The first-order valence-electron chi connectivity index (χ1n) is 6.58. The SMILES string of the molecule is CSc1cc(CC2CCCNC2)ccc1S(C)(=O)=O. The summed E-state index contributed by atoms with van der Waals surface area (Å²) in [4.78, 5) is 1.31. The summed E-state index contributed by atoms with van der Waals surface area (Å²) in [5.41, 5.74) is 1.24. The molecular weight excluding hydrogens is 278 g/mol. The van der Waals surface area contributed by atoms with E-state index in [2.05, 4.69) is 5.32 Å². The van der Waals surface area contributed by atoms with Gasteiger partial charge in [0, 0.05) is 11.2 Å². The van der Waals surface area contributed by atoms with Crippen molar-refractivity contribution in [3.63, 3.8) is 0 Å². The van der Waals surface area contributed by atoms with Crippen molar-refractivity contribution in [3.8, 4) is 0 Å². The fraction of sp³-hybridized carbons (Fsp3) is 0.571. The van der Waals surface area contributed by atoms with Crippen molar-refractivity contribution in [2.45, 2.75) is 29.1 Å². The molecule has 1 unspecified atom stereocenters. The van der Waals surface area contributed by atoms with Crippen LogP contribution >= 0.6 is 11.8 Å². The second-order valence-corrected chi connectivity index (χ2v) is 8.01. The molecule has 0 saturated carbocycles. The molecule has 1 aromatic carbocycles. The number of thioether (sulfide) groups is 1. The van der Waals surface area contributed by atoms with E-state index < -0.39 is 9.84 Å². The molecular formula is C14H21NO2S2. The van der Waals surface area contributed by atoms with Gasteiger partial charge < -0.3 is 5.32 Å². The minimum atomic E-state index is -3.13. The number of hydrogen-bond acceptors (Lipinski definition) is 4. The zero-order valence-electron chi connectivity index (χ0n) is 11.5. The molecule has 3 nitrogen and oxygen atoms in total. The molecule has 0 spiro atoms. The van der Waals surface area contributed by atoms with Crippen LogP contribution < -0.4 is 5.32 Å². The van der Waals surface area contributed by atoms with Gasteiger partial charge in [0.25, 0.3) is 0 Å². The fourth-order valence-corrected chi connectivity index (χ4v) is 4.56. The molecule has 0 radical (unpaired) electrons. The van der Waals surface area contributed by atoms with Gasteiger partial charge in [-0.25, -0.2) is 8.42 Å². The molecule has 1 N–H and O–H groups in total. The van der Waals surface area contributed by atoms with Crippen molar-refractivity contribution in [1.29, 1.82) is 0 Å². The van der Waals surface area contributed by atoms with Crippen molar-refractivity contribution in [2.75, 3.05) is 25.6 Å². The summed E-state index contributed by atoms with van der Waals surface area (Å²) >= 11 is 1.50. The lowest BCUT2D eigenvalue weighted by molar-refractivity contribution is 0.376. The summed E-state index contributed by atoms with van der Waals surface area (Å²) < 4.78 is 23.4. The second kappa shape index (κ2) is 6.29. The summed E-state index contributed by atoms with van der Waals surface area (Å²) in [5, 5.41) is 3.42. The van der Waals surface area contributed by atoms with Crippen LogP contribution in [0.3, 0.4) is 0 Å². The fourth-order valence-electron chi connectivity index (χ4n) is 2.58. The van der Waals surface area contributed by atoms with Gasteiger partial charge >= 0.3 is 0 Å². The van der Waals surface area contributed by atoms with E-state index in [0.29, 0.717) is 10.8 Å². The quantitative estimate of drug-likeness (QED) is 0.867. The highest BCUT2D eigenvalue weighted by Crippen LogP contribution is 2.27. The van der Waals surface area contributed by atoms with E-state index in [1.165, 1.54) is 36.4 Å². The van der Waals surface area contributed by atoms with Gasteiger partial charge in [-0.15, -0.1) is 11.8 Å². The summed E-state index contributed by atoms with van der Waals surface area (Å²) in [6.45, 7) is 2.20. The Balaban J connectivity index is 2.19. The molecule has 19 heavy (non-hydrogen) atoms. The number of hydrogen-bond donors (Lipinski definition) is 1. The van der Waals surface area contributed by atoms with Crippen LogP contribution in [0.15, 0.2) is 28.0 Å². The third-order valence-electron chi connectivity index (χ3n) is 3.55. The highest BCUT2D eigenvalue weighted by Gasteiger charge is 2.16. The van der Waals surface area contributed by atoms with Gasteiger partial charge in [-0.05, 0) is 62.2 Å². The third kappa shape index (κ3) is 3.97. The molecule has 1 heterocycles. The number of benzene rings is 1. The lowest BCUT2D eigenvalue weighted by Gasteiger charge is -2.23. The number of sulfone groups is 1. The van der Waals surface area contributed by atoms with Crippen molar-refractivity contribution >= 4 is 21.6 Å². The zero-order chi connectivity index (χ0) is 13.9. The van der Waals surface area contributed by atoms with Crippen molar-refractivity contribution in [2.24, 2.45) is 5.92 Å². The lowest BCUT2D eigenvalue weighted by Crippen LogP contribution is -2.30. The summed E-state index contributed by atoms with van der Waals surface area (Å²) in [6, 6.07) is 5.76. The lowest BCUT2D eigenvalue weighted by atomic mass is 9.92. The van der Waals surface area contributed by atoms with Gasteiger partial charge in [-0.1, -0.05) is 6.07 Å². The predicted molar refractivity (Wildman–Crippen MR) is 80.6 cm³/mol. The minimum absolute atomic E-state index is 0.450. The Morgan fingerprint density at radius 1 is 1.42 bits per heavy atom. The average Bonchev–Trinajstić information content (AvgIpc) is 2.38. The highest BCUT2D eigenvalue weighted by molar-refractivity contribution is 7.99. The smallest absolute Gasteiger partial charge is 0.176 e. The molecule has 1 saturated heterocycles. The van der Waals surface area contributed by atoms with Crippen LogP contribution in [0.1, 0.15) is 18.4 Å². The molecule has 0 bridgehead atoms. The third-order valence-corrected chi connectivity index (χ3v) is 5.61. The van der Waals surface area contributed by atoms with Crippen LogP contribution in [0, 0.1) is 5.92 Å². The number of rotatable bonds is 4. The second-order valence-electron chi connectivity index (χ2n) is 5.17. The van der Waals surface area contributed by atoms with E-state index in [1.54, 1.807) is 6.07 Å². The van der Waals surface area contributed by atoms with Gasteiger partial charge in [0.2, 0.25) is 0 Å². The topological polar surface area (TPSA) is 46.2 Å². The maximum absolute atomic E-state index is 11.7. The normalized spacial score (nSPS) is 20.4. The molecule has 0 amide bonds. The van der Waals surface area contributed by atoms with Gasteiger partial charge in [0.15, 0.2) is 9.84 Å². The van der Waals surface area contributed by atoms with Crippen LogP contribution in [0.2, 0.25) is 0 Å². The summed E-state index contributed by atoms with van der Waals surface area (Å²) in [7, 11) is -3.13. The molecule has 1 aliphatic rings. The molecule has 106 valence electrons. The van der Waals surface area contributed by atoms with Crippen molar-refractivity contribution < 1.29 is 8.42 Å². The van der Waals surface area contributed by atoms with Crippen LogP contribution in [0.25, 0.3) is 0 Å². The highest BCUT2D eigenvalue weighted by atomic mass is 32.2. The first kappa shape index (κ1) is 14.9. The van der Waals surface area contributed by atoms with Crippen molar-refractivity contribution in [1.82, 2.24) is 5.32 Å². The van der Waals surface area contributed by atoms with Gasteiger partial charge in [0.1, 0.15) is 0 Å². The predicted octanol–water partition coefficient (Wildman–Crippen LogP) is 2.35. The van der Waals surface area contributed by atoms with Crippen LogP contribution in [-0.4, -0.2) is 34.0 Å². The Kier molecular flexibility index (Phi) is 4.92. The minimum Gasteiger partial charge on any atom is -0.316 e. The van der Waals surface area contributed by atoms with E-state index in [-0.39, 0.29) is 0 Å². The molecule has 1 fully saturated rings. The Hall–Kier alpha value is -0.520. The summed E-state index contributed by atoms with van der Waals surface area (Å²) in [6.07, 6.45) is 6.73. The van der Waals surface area contributed by atoms with Gasteiger partial charge in [-0.2, -0.15) is 0 Å². The van der Waals surface area contributed by atoms with E-state index in [1.807, 2.05) is 18.4 Å². The zero-order valence-corrected chi connectivity index (χ0v) is 13.1. The first-order chi connectivity index (χ1) is 9.00. The van der Waals surface area contributed by atoms with Crippen molar-refractivity contribution in [3.05, 3.63) is 23.8 Å². The van der Waals surface area contributed by atoms with Gasteiger partial charge in [0.05, 0.1) is 4.90 Å². The molecule has 1 aromatic rings. The molecule has 5 heteroatoms. The van der Waals surface area contributed by atoms with Crippen LogP contribution in [0.4, 0.5) is 0 Å².